The number of benzene rings is 2. The van der Waals surface area contributed by atoms with Crippen LogP contribution >= 0.6 is 0 Å². The maximum absolute atomic E-state index is 12.3. The van der Waals surface area contributed by atoms with Crippen LogP contribution in [-0.2, 0) is 4.79 Å². The molecule has 142 valence electrons. The van der Waals surface area contributed by atoms with Crippen LogP contribution in [0.25, 0.3) is 0 Å². The van der Waals surface area contributed by atoms with Crippen molar-refractivity contribution in [3.05, 3.63) is 65.2 Å². The van der Waals surface area contributed by atoms with Gasteiger partial charge in [-0.15, -0.1) is 0 Å². The highest BCUT2D eigenvalue weighted by atomic mass is 16.4. The Bertz CT molecular complexity index is 845. The summed E-state index contributed by atoms with van der Waals surface area (Å²) in [5.41, 5.74) is 1.42. The van der Waals surface area contributed by atoms with Crippen LogP contribution in [0.4, 0.5) is 5.69 Å². The smallest absolute Gasteiger partial charge is 0.309 e. The summed E-state index contributed by atoms with van der Waals surface area (Å²) >= 11 is 0. The molecule has 0 bridgehead atoms. The first-order valence-electron chi connectivity index (χ1n) is 8.69. The zero-order chi connectivity index (χ0) is 20.0. The van der Waals surface area contributed by atoms with E-state index < -0.39 is 11.4 Å². The van der Waals surface area contributed by atoms with Crippen molar-refractivity contribution < 1.29 is 19.5 Å². The molecule has 6 heteroatoms. The molecular weight excluding hydrogens is 344 g/mol. The first-order chi connectivity index (χ1) is 12.7. The molecule has 6 nitrogen and oxygen atoms in total. The average Bonchev–Trinajstić information content (AvgIpc) is 2.63. The minimum atomic E-state index is -0.907. The first-order valence-corrected chi connectivity index (χ1v) is 8.69. The molecule has 3 N–H and O–H groups in total. The number of nitrogens with one attached hydrogen (secondary N) is 2. The Hall–Kier alpha value is -3.15. The third-order valence-corrected chi connectivity index (χ3v) is 4.40. The molecule has 2 aromatic rings. The van der Waals surface area contributed by atoms with E-state index in [0.717, 1.165) is 5.56 Å². The molecule has 2 amide bonds. The fraction of sp³-hybridized carbons (Fsp3) is 0.286. The summed E-state index contributed by atoms with van der Waals surface area (Å²) in [6.45, 7) is 5.32. The lowest BCUT2D eigenvalue weighted by Crippen LogP contribution is -2.32. The minimum absolute atomic E-state index is 0.248. The standard InChI is InChI=1S/C21H24N2O4/c1-14-9-10-16(18(24)22-12-11-21(2,3)20(26)27)13-17(14)23-19(25)15-7-5-4-6-8-15/h4-10,13H,11-12H2,1-3H3,(H,22,24)(H,23,25)(H,26,27). The van der Waals surface area contributed by atoms with Gasteiger partial charge >= 0.3 is 5.97 Å². The second-order valence-corrected chi connectivity index (χ2v) is 7.04. The molecule has 0 aliphatic heterocycles. The molecule has 0 radical (unpaired) electrons. The molecule has 0 unspecified atom stereocenters. The third kappa shape index (κ3) is 5.41. The summed E-state index contributed by atoms with van der Waals surface area (Å²) in [4.78, 5) is 35.8. The first kappa shape index (κ1) is 20.2. The highest BCUT2D eigenvalue weighted by Crippen LogP contribution is 2.20. The van der Waals surface area contributed by atoms with Gasteiger partial charge in [0, 0.05) is 23.4 Å². The number of aryl methyl sites for hydroxylation is 1. The van der Waals surface area contributed by atoms with Crippen molar-refractivity contribution in [1.82, 2.24) is 5.32 Å². The number of aliphatic carboxylic acids is 1. The summed E-state index contributed by atoms with van der Waals surface area (Å²) in [5, 5.41) is 14.7. The molecule has 0 aromatic heterocycles. The molecule has 0 aliphatic rings. The predicted molar refractivity (Wildman–Crippen MR) is 104 cm³/mol. The Kier molecular flexibility index (Phi) is 6.34. The van der Waals surface area contributed by atoms with Crippen LogP contribution in [0.2, 0.25) is 0 Å². The van der Waals surface area contributed by atoms with E-state index in [2.05, 4.69) is 10.6 Å². The van der Waals surface area contributed by atoms with Gasteiger partial charge in [-0.2, -0.15) is 0 Å². The Balaban J connectivity index is 2.04. The van der Waals surface area contributed by atoms with Gasteiger partial charge < -0.3 is 15.7 Å². The second-order valence-electron chi connectivity index (χ2n) is 7.04. The third-order valence-electron chi connectivity index (χ3n) is 4.40. The van der Waals surface area contributed by atoms with Crippen LogP contribution in [0.15, 0.2) is 48.5 Å². The number of rotatable bonds is 7. The van der Waals surface area contributed by atoms with Crippen LogP contribution in [0.5, 0.6) is 0 Å². The maximum Gasteiger partial charge on any atom is 0.309 e. The lowest BCUT2D eigenvalue weighted by atomic mass is 9.90. The summed E-state index contributed by atoms with van der Waals surface area (Å²) in [6.07, 6.45) is 0.317. The van der Waals surface area contributed by atoms with Gasteiger partial charge in [-0.1, -0.05) is 24.3 Å². The SMILES string of the molecule is Cc1ccc(C(=O)NCCC(C)(C)C(=O)O)cc1NC(=O)c1ccccc1. The van der Waals surface area contributed by atoms with Gasteiger partial charge in [0.2, 0.25) is 0 Å². The number of carbonyl (C=O) groups is 3. The molecule has 27 heavy (non-hydrogen) atoms. The van der Waals surface area contributed by atoms with E-state index in [4.69, 9.17) is 5.11 Å². The molecule has 2 aromatic carbocycles. The monoisotopic (exact) mass is 368 g/mol. The van der Waals surface area contributed by atoms with E-state index >= 15 is 0 Å². The number of carbonyl (C=O) groups excluding carboxylic acids is 2. The number of anilines is 1. The van der Waals surface area contributed by atoms with Gasteiger partial charge in [0.05, 0.1) is 5.41 Å². The summed E-state index contributed by atoms with van der Waals surface area (Å²) < 4.78 is 0. The molecular formula is C21H24N2O4. The number of carboxylic acid groups (broad SMARTS) is 1. The largest absolute Gasteiger partial charge is 0.481 e. The fourth-order valence-corrected chi connectivity index (χ4v) is 2.38. The molecule has 0 heterocycles. The summed E-state index contributed by atoms with van der Waals surface area (Å²) in [6, 6.07) is 13.9. The van der Waals surface area contributed by atoms with Crippen molar-refractivity contribution in [1.29, 1.82) is 0 Å². The van der Waals surface area contributed by atoms with Crippen LogP contribution in [0.3, 0.4) is 0 Å². The Morgan fingerprint density at radius 1 is 0.963 bits per heavy atom. The van der Waals surface area contributed by atoms with Crippen molar-refractivity contribution >= 4 is 23.5 Å². The molecule has 0 spiro atoms. The van der Waals surface area contributed by atoms with E-state index in [9.17, 15) is 14.4 Å². The predicted octanol–water partition coefficient (Wildman–Crippen LogP) is 3.48. The Morgan fingerprint density at radius 3 is 2.26 bits per heavy atom. The van der Waals surface area contributed by atoms with Gasteiger partial charge in [-0.05, 0) is 57.0 Å². The van der Waals surface area contributed by atoms with Crippen LogP contribution in [0.1, 0.15) is 46.5 Å². The highest BCUT2D eigenvalue weighted by molar-refractivity contribution is 6.05. The van der Waals surface area contributed by atoms with Crippen molar-refractivity contribution in [2.75, 3.05) is 11.9 Å². The number of hydrogen-bond donors (Lipinski definition) is 3. The van der Waals surface area contributed by atoms with E-state index in [1.54, 1.807) is 56.3 Å². The van der Waals surface area contributed by atoms with Gasteiger partial charge in [0.25, 0.3) is 11.8 Å². The highest BCUT2D eigenvalue weighted by Gasteiger charge is 2.26. The quantitative estimate of drug-likeness (QED) is 0.697. The lowest BCUT2D eigenvalue weighted by molar-refractivity contribution is -0.147. The van der Waals surface area contributed by atoms with E-state index in [0.29, 0.717) is 23.2 Å². The van der Waals surface area contributed by atoms with Crippen LogP contribution in [0, 0.1) is 12.3 Å². The molecule has 0 saturated heterocycles. The Morgan fingerprint density at radius 2 is 1.63 bits per heavy atom. The number of hydrogen-bond acceptors (Lipinski definition) is 3. The van der Waals surface area contributed by atoms with E-state index in [1.807, 2.05) is 13.0 Å². The number of carboxylic acids is 1. The summed E-state index contributed by atoms with van der Waals surface area (Å²) in [7, 11) is 0. The second kappa shape index (κ2) is 8.49. The zero-order valence-electron chi connectivity index (χ0n) is 15.7. The zero-order valence-corrected chi connectivity index (χ0v) is 15.7. The topological polar surface area (TPSA) is 95.5 Å². The van der Waals surface area contributed by atoms with Crippen LogP contribution in [-0.4, -0.2) is 29.4 Å². The molecule has 0 atom stereocenters. The van der Waals surface area contributed by atoms with Crippen LogP contribution < -0.4 is 10.6 Å². The summed E-state index contributed by atoms with van der Waals surface area (Å²) in [5.74, 6) is -1.47. The van der Waals surface area contributed by atoms with Crippen molar-refractivity contribution in [3.8, 4) is 0 Å². The van der Waals surface area contributed by atoms with Gasteiger partial charge in [-0.25, -0.2) is 0 Å². The fourth-order valence-electron chi connectivity index (χ4n) is 2.38. The van der Waals surface area contributed by atoms with Crippen molar-refractivity contribution in [3.63, 3.8) is 0 Å². The average molecular weight is 368 g/mol. The minimum Gasteiger partial charge on any atom is -0.481 e. The number of amides is 2. The maximum atomic E-state index is 12.3. The van der Waals surface area contributed by atoms with Gasteiger partial charge in [-0.3, -0.25) is 14.4 Å². The molecule has 0 aliphatic carbocycles. The van der Waals surface area contributed by atoms with E-state index in [-0.39, 0.29) is 18.4 Å². The normalized spacial score (nSPS) is 10.9. The van der Waals surface area contributed by atoms with E-state index in [1.165, 1.54) is 0 Å². The van der Waals surface area contributed by atoms with Gasteiger partial charge in [0.15, 0.2) is 0 Å². The van der Waals surface area contributed by atoms with Crippen molar-refractivity contribution in [2.45, 2.75) is 27.2 Å². The van der Waals surface area contributed by atoms with Gasteiger partial charge in [0.1, 0.15) is 0 Å². The molecule has 0 saturated carbocycles. The molecule has 2 rings (SSSR count). The molecule has 0 fully saturated rings. The van der Waals surface area contributed by atoms with Crippen molar-refractivity contribution in [2.24, 2.45) is 5.41 Å². The lowest BCUT2D eigenvalue weighted by Gasteiger charge is -2.19. The Labute approximate surface area is 158 Å².